The fourth-order valence-corrected chi connectivity index (χ4v) is 3.39. The van der Waals surface area contributed by atoms with Gasteiger partial charge in [0.15, 0.2) is 0 Å². The van der Waals surface area contributed by atoms with Crippen molar-refractivity contribution in [3.05, 3.63) is 40.4 Å². The van der Waals surface area contributed by atoms with E-state index in [0.717, 1.165) is 18.2 Å². The zero-order chi connectivity index (χ0) is 23.2. The molecule has 2 rings (SSSR count). The number of nitrogens with zero attached hydrogens (tertiary/aromatic N) is 2. The first kappa shape index (κ1) is 24.7. The summed E-state index contributed by atoms with van der Waals surface area (Å²) in [6.45, 7) is 2.66. The van der Waals surface area contributed by atoms with Crippen molar-refractivity contribution in [2.75, 3.05) is 33.3 Å². The van der Waals surface area contributed by atoms with Gasteiger partial charge in [0.25, 0.3) is 0 Å². The Hall–Kier alpha value is -2.55. The third-order valence-electron chi connectivity index (χ3n) is 4.93. The lowest BCUT2D eigenvalue weighted by Gasteiger charge is -2.32. The van der Waals surface area contributed by atoms with Crippen molar-refractivity contribution in [2.45, 2.75) is 25.9 Å². The molecule has 1 heterocycles. The van der Waals surface area contributed by atoms with Crippen LogP contribution in [0.2, 0.25) is 5.02 Å². The number of halogens is 4. The molecule has 0 N–H and O–H groups in total. The number of amides is 2. The van der Waals surface area contributed by atoms with Gasteiger partial charge >= 0.3 is 12.1 Å². The predicted molar refractivity (Wildman–Crippen MR) is 109 cm³/mol. The average molecular weight is 461 g/mol. The second-order valence-corrected chi connectivity index (χ2v) is 7.58. The van der Waals surface area contributed by atoms with E-state index in [1.54, 1.807) is 11.8 Å². The van der Waals surface area contributed by atoms with E-state index in [2.05, 4.69) is 0 Å². The van der Waals surface area contributed by atoms with E-state index in [9.17, 15) is 27.6 Å². The third kappa shape index (κ3) is 6.99. The molecule has 6 nitrogen and oxygen atoms in total. The summed E-state index contributed by atoms with van der Waals surface area (Å²) in [4.78, 5) is 39.2. The molecule has 1 fully saturated rings. The van der Waals surface area contributed by atoms with Gasteiger partial charge in [-0.2, -0.15) is 13.2 Å². The van der Waals surface area contributed by atoms with Crippen LogP contribution < -0.4 is 0 Å². The highest BCUT2D eigenvalue weighted by molar-refractivity contribution is 6.31. The first-order valence-electron chi connectivity index (χ1n) is 9.77. The van der Waals surface area contributed by atoms with E-state index in [4.69, 9.17) is 16.3 Å². The van der Waals surface area contributed by atoms with Crippen LogP contribution >= 0.6 is 11.6 Å². The van der Waals surface area contributed by atoms with Crippen LogP contribution in [0.3, 0.4) is 0 Å². The number of carbonyl (C=O) groups is 3. The molecule has 0 aliphatic carbocycles. The Bertz CT molecular complexity index is 850. The number of piperidine rings is 1. The second-order valence-electron chi connectivity index (χ2n) is 7.17. The number of carbonyl (C=O) groups excluding carboxylic acids is 3. The fourth-order valence-electron chi connectivity index (χ4n) is 3.16. The van der Waals surface area contributed by atoms with Crippen LogP contribution in [0.1, 0.15) is 30.9 Å². The number of likely N-dealkylation sites (N-methyl/N-ethyl adjacent to an activating group) is 1. The molecule has 0 saturated carbocycles. The van der Waals surface area contributed by atoms with Crippen molar-refractivity contribution >= 4 is 35.5 Å². The Morgan fingerprint density at radius 1 is 1.26 bits per heavy atom. The molecule has 0 spiro atoms. The normalized spacial score (nSPS) is 15.2. The standard InChI is InChI=1S/C21H24ClF3N2O4/c1-3-31-20(30)15-8-10-27(11-9-15)19(29)13-26(2)18(28)7-5-14-4-6-17(22)16(12-14)21(23,24)25/h4-7,12,15H,3,8-11,13H2,1-2H3/b7-5+. The molecule has 0 aromatic heterocycles. The number of hydrogen-bond acceptors (Lipinski definition) is 4. The highest BCUT2D eigenvalue weighted by atomic mass is 35.5. The minimum Gasteiger partial charge on any atom is -0.466 e. The topological polar surface area (TPSA) is 66.9 Å². The Morgan fingerprint density at radius 2 is 1.90 bits per heavy atom. The zero-order valence-corrected chi connectivity index (χ0v) is 18.0. The molecule has 1 saturated heterocycles. The monoisotopic (exact) mass is 460 g/mol. The van der Waals surface area contributed by atoms with Crippen molar-refractivity contribution in [1.29, 1.82) is 0 Å². The summed E-state index contributed by atoms with van der Waals surface area (Å²) in [5.74, 6) is -1.29. The summed E-state index contributed by atoms with van der Waals surface area (Å²) in [5, 5.41) is -0.426. The lowest BCUT2D eigenvalue weighted by atomic mass is 9.97. The highest BCUT2D eigenvalue weighted by Gasteiger charge is 2.33. The lowest BCUT2D eigenvalue weighted by molar-refractivity contribution is -0.151. The maximum Gasteiger partial charge on any atom is 0.417 e. The van der Waals surface area contributed by atoms with Crippen molar-refractivity contribution in [3.63, 3.8) is 0 Å². The predicted octanol–water partition coefficient (Wildman–Crippen LogP) is 3.63. The summed E-state index contributed by atoms with van der Waals surface area (Å²) in [5.41, 5.74) is -0.829. The van der Waals surface area contributed by atoms with E-state index < -0.39 is 22.7 Å². The van der Waals surface area contributed by atoms with Gasteiger partial charge in [-0.3, -0.25) is 14.4 Å². The lowest BCUT2D eigenvalue weighted by Crippen LogP contribution is -2.45. The number of alkyl halides is 3. The number of esters is 1. The minimum atomic E-state index is -4.60. The summed E-state index contributed by atoms with van der Waals surface area (Å²) in [6, 6.07) is 3.33. The molecule has 1 aromatic rings. The summed E-state index contributed by atoms with van der Waals surface area (Å²) >= 11 is 5.58. The van der Waals surface area contributed by atoms with Gasteiger partial charge < -0.3 is 14.5 Å². The number of ether oxygens (including phenoxy) is 1. The number of hydrogen-bond donors (Lipinski definition) is 0. The van der Waals surface area contributed by atoms with Crippen LogP contribution in [-0.4, -0.2) is 60.9 Å². The summed E-state index contributed by atoms with van der Waals surface area (Å²) in [6.07, 6.45) is -1.27. The summed E-state index contributed by atoms with van der Waals surface area (Å²) in [7, 11) is 1.43. The van der Waals surface area contributed by atoms with Crippen molar-refractivity contribution < 1.29 is 32.3 Å². The van der Waals surface area contributed by atoms with Gasteiger partial charge in [0.2, 0.25) is 11.8 Å². The van der Waals surface area contributed by atoms with Crippen LogP contribution in [0.15, 0.2) is 24.3 Å². The molecule has 31 heavy (non-hydrogen) atoms. The van der Waals surface area contributed by atoms with Crippen LogP contribution in [0, 0.1) is 5.92 Å². The maximum atomic E-state index is 12.9. The zero-order valence-electron chi connectivity index (χ0n) is 17.2. The smallest absolute Gasteiger partial charge is 0.417 e. The molecule has 2 amide bonds. The van der Waals surface area contributed by atoms with E-state index >= 15 is 0 Å². The Morgan fingerprint density at radius 3 is 2.48 bits per heavy atom. The van der Waals surface area contributed by atoms with Gasteiger partial charge in [-0.05, 0) is 43.5 Å². The molecular formula is C21H24ClF3N2O4. The third-order valence-corrected chi connectivity index (χ3v) is 5.26. The van der Waals surface area contributed by atoms with Crippen LogP contribution in [0.4, 0.5) is 13.2 Å². The van der Waals surface area contributed by atoms with E-state index in [1.165, 1.54) is 24.1 Å². The quantitative estimate of drug-likeness (QED) is 0.480. The van der Waals surface area contributed by atoms with Crippen molar-refractivity contribution in [2.24, 2.45) is 5.92 Å². The molecule has 1 aliphatic heterocycles. The Kier molecular flexibility index (Phi) is 8.50. The SMILES string of the molecule is CCOC(=O)C1CCN(C(=O)CN(C)C(=O)/C=C/c2ccc(Cl)c(C(F)(F)F)c2)CC1. The molecule has 1 aliphatic rings. The number of benzene rings is 1. The van der Waals surface area contributed by atoms with Gasteiger partial charge in [-0.15, -0.1) is 0 Å². The Labute approximate surface area is 183 Å². The second kappa shape index (κ2) is 10.7. The van der Waals surface area contributed by atoms with Crippen LogP contribution in [0.25, 0.3) is 6.08 Å². The van der Waals surface area contributed by atoms with Gasteiger partial charge in [-0.1, -0.05) is 17.7 Å². The van der Waals surface area contributed by atoms with Gasteiger partial charge in [0, 0.05) is 26.2 Å². The van der Waals surface area contributed by atoms with Crippen molar-refractivity contribution in [1.82, 2.24) is 9.80 Å². The largest absolute Gasteiger partial charge is 0.466 e. The molecule has 0 atom stereocenters. The average Bonchev–Trinajstić information content (AvgIpc) is 2.72. The molecule has 0 unspecified atom stereocenters. The minimum absolute atomic E-state index is 0.158. The van der Waals surface area contributed by atoms with E-state index in [1.807, 2.05) is 0 Å². The molecule has 10 heteroatoms. The molecule has 0 bridgehead atoms. The number of rotatable bonds is 6. The highest BCUT2D eigenvalue weighted by Crippen LogP contribution is 2.35. The fraction of sp³-hybridized carbons (Fsp3) is 0.476. The van der Waals surface area contributed by atoms with Crippen molar-refractivity contribution in [3.8, 4) is 0 Å². The van der Waals surface area contributed by atoms with E-state index in [0.29, 0.717) is 32.5 Å². The summed E-state index contributed by atoms with van der Waals surface area (Å²) < 4.78 is 43.8. The molecule has 0 radical (unpaired) electrons. The maximum absolute atomic E-state index is 12.9. The van der Waals surface area contributed by atoms with Gasteiger partial charge in [0.1, 0.15) is 0 Å². The van der Waals surface area contributed by atoms with Gasteiger partial charge in [-0.25, -0.2) is 0 Å². The number of likely N-dealkylation sites (tertiary alicyclic amines) is 1. The van der Waals surface area contributed by atoms with Gasteiger partial charge in [0.05, 0.1) is 29.7 Å². The first-order valence-corrected chi connectivity index (χ1v) is 10.1. The van der Waals surface area contributed by atoms with E-state index in [-0.39, 0.29) is 29.9 Å². The molecule has 1 aromatic carbocycles. The Balaban J connectivity index is 1.90. The van der Waals surface area contributed by atoms with Crippen LogP contribution in [-0.2, 0) is 25.3 Å². The molecule has 170 valence electrons. The van der Waals surface area contributed by atoms with Crippen LogP contribution in [0.5, 0.6) is 0 Å². The molecular weight excluding hydrogens is 437 g/mol. The first-order chi connectivity index (χ1) is 14.5.